The third-order valence-electron chi connectivity index (χ3n) is 5.65. The van der Waals surface area contributed by atoms with Crippen LogP contribution in [0.4, 0.5) is 5.69 Å². The second kappa shape index (κ2) is 6.84. The fourth-order valence-corrected chi connectivity index (χ4v) is 4.26. The summed E-state index contributed by atoms with van der Waals surface area (Å²) in [5.74, 6) is 0.493. The monoisotopic (exact) mass is 449 g/mol. The lowest BCUT2D eigenvalue weighted by Crippen LogP contribution is -2.36. The van der Waals surface area contributed by atoms with Crippen molar-refractivity contribution in [2.24, 2.45) is 0 Å². The number of rotatable bonds is 3. The summed E-state index contributed by atoms with van der Waals surface area (Å²) in [5.41, 5.74) is 6.03. The molecule has 5 rings (SSSR count). The van der Waals surface area contributed by atoms with Gasteiger partial charge in [0.15, 0.2) is 5.82 Å². The van der Waals surface area contributed by atoms with E-state index >= 15 is 0 Å². The quantitative estimate of drug-likeness (QED) is 0.471. The van der Waals surface area contributed by atoms with Crippen LogP contribution in [-0.4, -0.2) is 32.3 Å². The van der Waals surface area contributed by atoms with Crippen molar-refractivity contribution in [3.63, 3.8) is 0 Å². The van der Waals surface area contributed by atoms with Crippen LogP contribution >= 0.6 is 15.9 Å². The average Bonchev–Trinajstić information content (AvgIpc) is 2.93. The third-order valence-corrected chi connectivity index (χ3v) is 6.12. The van der Waals surface area contributed by atoms with Crippen molar-refractivity contribution >= 4 is 27.1 Å². The minimum Gasteiger partial charge on any atom is -0.371 e. The van der Waals surface area contributed by atoms with Gasteiger partial charge in [0, 0.05) is 40.7 Å². The molecule has 4 heterocycles. The lowest BCUT2D eigenvalue weighted by atomic mass is 10.0. The van der Waals surface area contributed by atoms with Crippen LogP contribution in [0, 0.1) is 13.8 Å². The van der Waals surface area contributed by atoms with Gasteiger partial charge >= 0.3 is 5.69 Å². The van der Waals surface area contributed by atoms with E-state index in [4.69, 9.17) is 0 Å². The van der Waals surface area contributed by atoms with Gasteiger partial charge in [0.1, 0.15) is 0 Å². The van der Waals surface area contributed by atoms with Crippen LogP contribution in [-0.2, 0) is 0 Å². The van der Waals surface area contributed by atoms with Gasteiger partial charge in [0.05, 0.1) is 11.7 Å². The standard InChI is InChI=1S/C22H20BrN5O/c1-14-19-13-25-28(20-8-7-17(23)12-24-20)22(29)27(19)15(2)21(14)16-5-3-6-18(11-16)26-9-4-10-26/h3,5-8,11-13H,4,9-10H2,1-2H3. The second-order valence-electron chi connectivity index (χ2n) is 7.37. The van der Waals surface area contributed by atoms with Crippen LogP contribution in [0.25, 0.3) is 22.5 Å². The highest BCUT2D eigenvalue weighted by Crippen LogP contribution is 2.34. The maximum absolute atomic E-state index is 13.3. The summed E-state index contributed by atoms with van der Waals surface area (Å²) in [6.45, 7) is 6.26. The van der Waals surface area contributed by atoms with E-state index < -0.39 is 0 Å². The van der Waals surface area contributed by atoms with E-state index in [1.165, 1.54) is 16.8 Å². The van der Waals surface area contributed by atoms with Crippen molar-refractivity contribution in [1.82, 2.24) is 19.2 Å². The molecule has 0 spiro atoms. The number of hydrogen-bond donors (Lipinski definition) is 0. The number of benzene rings is 1. The zero-order valence-corrected chi connectivity index (χ0v) is 17.8. The highest BCUT2D eigenvalue weighted by Gasteiger charge is 2.20. The average molecular weight is 450 g/mol. The normalized spacial score (nSPS) is 13.7. The lowest BCUT2D eigenvalue weighted by molar-refractivity contribution is 0.618. The van der Waals surface area contributed by atoms with E-state index in [1.807, 2.05) is 13.0 Å². The first-order chi connectivity index (χ1) is 14.0. The van der Waals surface area contributed by atoms with Gasteiger partial charge in [-0.15, -0.1) is 0 Å². The van der Waals surface area contributed by atoms with E-state index in [0.717, 1.165) is 45.5 Å². The SMILES string of the molecule is Cc1c(-c2cccc(N3CCC3)c2)c(C)n2c(=O)n(-c3ccc(Br)cn3)ncc12. The molecule has 0 aliphatic carbocycles. The molecule has 29 heavy (non-hydrogen) atoms. The van der Waals surface area contributed by atoms with Gasteiger partial charge in [-0.1, -0.05) is 12.1 Å². The number of nitrogens with zero attached hydrogens (tertiary/aromatic N) is 5. The van der Waals surface area contributed by atoms with Gasteiger partial charge < -0.3 is 4.90 Å². The molecule has 0 atom stereocenters. The maximum atomic E-state index is 13.3. The van der Waals surface area contributed by atoms with Crippen LogP contribution in [0.1, 0.15) is 17.7 Å². The number of fused-ring (bicyclic) bond motifs is 1. The first kappa shape index (κ1) is 18.1. The predicted molar refractivity (Wildman–Crippen MR) is 118 cm³/mol. The molecular weight excluding hydrogens is 430 g/mol. The molecule has 0 radical (unpaired) electrons. The van der Waals surface area contributed by atoms with E-state index in [-0.39, 0.29) is 5.69 Å². The second-order valence-corrected chi connectivity index (χ2v) is 8.29. The molecule has 7 heteroatoms. The number of anilines is 1. The van der Waals surface area contributed by atoms with Crippen molar-refractivity contribution in [3.8, 4) is 16.9 Å². The molecule has 0 unspecified atom stereocenters. The summed E-state index contributed by atoms with van der Waals surface area (Å²) in [5, 5.41) is 4.38. The Labute approximate surface area is 176 Å². The van der Waals surface area contributed by atoms with Crippen molar-refractivity contribution in [2.75, 3.05) is 18.0 Å². The van der Waals surface area contributed by atoms with Crippen molar-refractivity contribution in [1.29, 1.82) is 0 Å². The van der Waals surface area contributed by atoms with Crippen LogP contribution in [0.2, 0.25) is 0 Å². The molecule has 0 bridgehead atoms. The molecule has 1 aliphatic heterocycles. The Bertz CT molecular complexity index is 1290. The Morgan fingerprint density at radius 1 is 1.07 bits per heavy atom. The first-order valence-electron chi connectivity index (χ1n) is 9.62. The van der Waals surface area contributed by atoms with E-state index in [1.54, 1.807) is 22.9 Å². The molecule has 4 aromatic rings. The summed E-state index contributed by atoms with van der Waals surface area (Å²) in [7, 11) is 0. The Morgan fingerprint density at radius 3 is 2.59 bits per heavy atom. The number of aryl methyl sites for hydroxylation is 2. The van der Waals surface area contributed by atoms with Crippen LogP contribution in [0.3, 0.4) is 0 Å². The number of halogens is 1. The zero-order valence-electron chi connectivity index (χ0n) is 16.3. The van der Waals surface area contributed by atoms with Gasteiger partial charge in [0.25, 0.3) is 0 Å². The topological polar surface area (TPSA) is 55.4 Å². The van der Waals surface area contributed by atoms with Crippen molar-refractivity contribution < 1.29 is 0 Å². The van der Waals surface area contributed by atoms with Gasteiger partial charge in [-0.25, -0.2) is 9.78 Å². The molecule has 6 nitrogen and oxygen atoms in total. The third kappa shape index (κ3) is 2.88. The summed E-state index contributed by atoms with van der Waals surface area (Å²) in [6, 6.07) is 12.2. The van der Waals surface area contributed by atoms with Crippen molar-refractivity contribution in [2.45, 2.75) is 20.3 Å². The molecule has 146 valence electrons. The number of hydrogen-bond acceptors (Lipinski definition) is 4. The molecule has 1 aliphatic rings. The molecule has 1 fully saturated rings. The zero-order chi connectivity index (χ0) is 20.1. The molecule has 0 saturated carbocycles. The highest BCUT2D eigenvalue weighted by molar-refractivity contribution is 9.10. The van der Waals surface area contributed by atoms with E-state index in [0.29, 0.717) is 5.82 Å². The maximum Gasteiger partial charge on any atom is 0.355 e. The minimum absolute atomic E-state index is 0.219. The van der Waals surface area contributed by atoms with Crippen LogP contribution in [0.5, 0.6) is 0 Å². The molecule has 0 N–H and O–H groups in total. The fraction of sp³-hybridized carbons (Fsp3) is 0.227. The molecule has 1 aromatic carbocycles. The molecule has 0 amide bonds. The summed E-state index contributed by atoms with van der Waals surface area (Å²) >= 11 is 3.37. The number of aromatic nitrogens is 4. The molecular formula is C22H20BrN5O. The van der Waals surface area contributed by atoms with Gasteiger partial charge in [-0.05, 0) is 71.6 Å². The Balaban J connectivity index is 1.69. The van der Waals surface area contributed by atoms with Gasteiger partial charge in [-0.2, -0.15) is 9.78 Å². The van der Waals surface area contributed by atoms with Crippen LogP contribution < -0.4 is 10.6 Å². The number of pyridine rings is 1. The summed E-state index contributed by atoms with van der Waals surface area (Å²) in [6.07, 6.45) is 4.65. The minimum atomic E-state index is -0.219. The smallest absolute Gasteiger partial charge is 0.355 e. The lowest BCUT2D eigenvalue weighted by Gasteiger charge is -2.33. The Hall–Kier alpha value is -2.93. The fourth-order valence-electron chi connectivity index (χ4n) is 4.03. The molecule has 1 saturated heterocycles. The largest absolute Gasteiger partial charge is 0.371 e. The van der Waals surface area contributed by atoms with Gasteiger partial charge in [-0.3, -0.25) is 4.40 Å². The van der Waals surface area contributed by atoms with Crippen molar-refractivity contribution in [3.05, 3.63) is 75.0 Å². The highest BCUT2D eigenvalue weighted by atomic mass is 79.9. The molecule has 3 aromatic heterocycles. The van der Waals surface area contributed by atoms with E-state index in [2.05, 4.69) is 62.1 Å². The summed E-state index contributed by atoms with van der Waals surface area (Å²) < 4.78 is 3.93. The predicted octanol–water partition coefficient (Wildman–Crippen LogP) is 4.14. The Morgan fingerprint density at radius 2 is 1.90 bits per heavy atom. The van der Waals surface area contributed by atoms with Gasteiger partial charge in [0.2, 0.25) is 0 Å². The summed E-state index contributed by atoms with van der Waals surface area (Å²) in [4.78, 5) is 20.0. The van der Waals surface area contributed by atoms with Crippen LogP contribution in [0.15, 0.2) is 58.1 Å². The van der Waals surface area contributed by atoms with E-state index in [9.17, 15) is 4.79 Å². The Kier molecular flexibility index (Phi) is 4.28. The first-order valence-corrected chi connectivity index (χ1v) is 10.4.